The Morgan fingerprint density at radius 1 is 0.854 bits per heavy atom. The number of nitrogens with zero attached hydrogens (tertiary/aromatic N) is 2. The lowest BCUT2D eigenvalue weighted by molar-refractivity contribution is -0.192. The number of alkyl halides is 3. The number of amides is 1. The number of aryl methyl sites for hydroxylation is 1. The van der Waals surface area contributed by atoms with Crippen LogP contribution in [0.15, 0.2) is 60.7 Å². The zero-order chi connectivity index (χ0) is 30.3. The third kappa shape index (κ3) is 8.27. The van der Waals surface area contributed by atoms with Gasteiger partial charge in [0.05, 0.1) is 24.0 Å². The Morgan fingerprint density at radius 2 is 1.39 bits per heavy atom. The summed E-state index contributed by atoms with van der Waals surface area (Å²) in [5.74, 6) is -3.47. The van der Waals surface area contributed by atoms with E-state index in [1.165, 1.54) is 6.07 Å². The van der Waals surface area contributed by atoms with Crippen LogP contribution in [0, 0.1) is 6.92 Å². The molecule has 1 heterocycles. The number of ether oxygens (including phenoxy) is 1. The van der Waals surface area contributed by atoms with Crippen molar-refractivity contribution in [2.45, 2.75) is 13.1 Å². The van der Waals surface area contributed by atoms with Gasteiger partial charge in [-0.3, -0.25) is 4.79 Å². The van der Waals surface area contributed by atoms with Gasteiger partial charge in [0.25, 0.3) is 5.91 Å². The average Bonchev–Trinajstić information content (AvgIpc) is 2.94. The Labute approximate surface area is 238 Å². The number of hydrogen-bond acceptors (Lipinski definition) is 6. The Balaban J connectivity index is 0.000000587. The number of hydrogen-bond donors (Lipinski definition) is 3. The maximum Gasteiger partial charge on any atom is 0.490 e. The van der Waals surface area contributed by atoms with E-state index in [1.54, 1.807) is 43.5 Å². The summed E-state index contributed by atoms with van der Waals surface area (Å²) in [5.41, 5.74) is 4.09. The maximum atomic E-state index is 12.9. The lowest BCUT2D eigenvalue weighted by Gasteiger charge is -2.38. The van der Waals surface area contributed by atoms with Crippen molar-refractivity contribution in [1.82, 2.24) is 0 Å². The van der Waals surface area contributed by atoms with E-state index in [0.29, 0.717) is 35.1 Å². The Morgan fingerprint density at radius 3 is 1.90 bits per heavy atom. The van der Waals surface area contributed by atoms with Crippen LogP contribution in [-0.4, -0.2) is 67.5 Å². The first-order chi connectivity index (χ1) is 19.3. The van der Waals surface area contributed by atoms with Crippen LogP contribution < -0.4 is 19.9 Å². The number of aliphatic carboxylic acids is 1. The smallest absolute Gasteiger partial charge is 0.490 e. The summed E-state index contributed by atoms with van der Waals surface area (Å²) >= 11 is 6.21. The number of halogens is 4. The molecule has 4 rings (SSSR count). The minimum atomic E-state index is -5.08. The van der Waals surface area contributed by atoms with Gasteiger partial charge in [-0.15, -0.1) is 0 Å². The molecule has 13 heteroatoms. The number of benzene rings is 3. The van der Waals surface area contributed by atoms with Crippen LogP contribution in [0.3, 0.4) is 0 Å². The summed E-state index contributed by atoms with van der Waals surface area (Å²) < 4.78 is 36.9. The fraction of sp³-hybridized carbons (Fsp3) is 0.250. The van der Waals surface area contributed by atoms with E-state index in [1.807, 2.05) is 18.2 Å². The molecule has 1 amide bonds. The largest absolute Gasteiger partial charge is 0.497 e. The highest BCUT2D eigenvalue weighted by Gasteiger charge is 2.38. The highest BCUT2D eigenvalue weighted by atomic mass is 35.5. The molecule has 3 N–H and O–H groups in total. The summed E-state index contributed by atoms with van der Waals surface area (Å²) in [6.07, 6.45) is -5.08. The van der Waals surface area contributed by atoms with Crippen molar-refractivity contribution in [2.24, 2.45) is 0 Å². The standard InChI is InChI=1S/C26H26ClN3O4.C2HF3O2/c1-17-3-7-20(27)16-24(17)30-13-11-29(12-14-30)23-10-6-19(26(32)33)15-22(23)28-25(31)18-4-8-21(34-2)9-5-18;3-2(4,5)1(6)7/h3-10,15-16H,11-14H2,1-2H3,(H,28,31)(H,32,33);(H,6,7). The second-order valence-corrected chi connectivity index (χ2v) is 9.36. The quantitative estimate of drug-likeness (QED) is 0.340. The van der Waals surface area contributed by atoms with Crippen LogP contribution in [0.1, 0.15) is 26.3 Å². The summed E-state index contributed by atoms with van der Waals surface area (Å²) in [5, 5.41) is 20.2. The summed E-state index contributed by atoms with van der Waals surface area (Å²) in [6.45, 7) is 5.03. The molecule has 0 aromatic heterocycles. The SMILES string of the molecule is COc1ccc(C(=O)Nc2cc(C(=O)O)ccc2N2CCN(c3cc(Cl)ccc3C)CC2)cc1.O=C(O)C(F)(F)F. The zero-order valence-corrected chi connectivity index (χ0v) is 22.8. The number of aromatic carboxylic acids is 1. The van der Waals surface area contributed by atoms with Crippen LogP contribution in [0.4, 0.5) is 30.2 Å². The Hall–Kier alpha value is -4.45. The number of anilines is 3. The summed E-state index contributed by atoms with van der Waals surface area (Å²) in [7, 11) is 1.56. The van der Waals surface area contributed by atoms with Gasteiger partial charge in [0.2, 0.25) is 0 Å². The maximum absolute atomic E-state index is 12.9. The van der Waals surface area contributed by atoms with Crippen LogP contribution in [0.2, 0.25) is 5.02 Å². The van der Waals surface area contributed by atoms with Gasteiger partial charge in [0, 0.05) is 42.5 Å². The highest BCUT2D eigenvalue weighted by Crippen LogP contribution is 2.31. The van der Waals surface area contributed by atoms with Crippen molar-refractivity contribution in [3.63, 3.8) is 0 Å². The van der Waals surface area contributed by atoms with Gasteiger partial charge >= 0.3 is 18.1 Å². The number of carboxylic acids is 2. The predicted molar refractivity (Wildman–Crippen MR) is 149 cm³/mol. The molecule has 0 unspecified atom stereocenters. The topological polar surface area (TPSA) is 119 Å². The van der Waals surface area contributed by atoms with Gasteiger partial charge in [-0.25, -0.2) is 9.59 Å². The highest BCUT2D eigenvalue weighted by molar-refractivity contribution is 6.30. The van der Waals surface area contributed by atoms with Gasteiger partial charge in [-0.2, -0.15) is 13.2 Å². The number of carboxylic acid groups (broad SMARTS) is 2. The lowest BCUT2D eigenvalue weighted by Crippen LogP contribution is -2.47. The fourth-order valence-electron chi connectivity index (χ4n) is 4.09. The van der Waals surface area contributed by atoms with E-state index in [2.05, 4.69) is 22.0 Å². The predicted octanol–water partition coefficient (Wildman–Crippen LogP) is 5.57. The van der Waals surface area contributed by atoms with Crippen molar-refractivity contribution in [2.75, 3.05) is 48.4 Å². The van der Waals surface area contributed by atoms with Crippen LogP contribution in [0.25, 0.3) is 0 Å². The van der Waals surface area contributed by atoms with Gasteiger partial charge in [0.15, 0.2) is 0 Å². The molecule has 0 radical (unpaired) electrons. The number of methoxy groups -OCH3 is 1. The van der Waals surface area contributed by atoms with Crippen molar-refractivity contribution in [3.8, 4) is 5.75 Å². The number of piperazine rings is 1. The first kappa shape index (κ1) is 31.1. The van der Waals surface area contributed by atoms with E-state index in [0.717, 1.165) is 30.0 Å². The second kappa shape index (κ2) is 13.3. The monoisotopic (exact) mass is 593 g/mol. The van der Waals surface area contributed by atoms with Crippen molar-refractivity contribution < 1.29 is 42.5 Å². The molecule has 41 heavy (non-hydrogen) atoms. The number of carbonyl (C=O) groups is 3. The van der Waals surface area contributed by atoms with Crippen LogP contribution >= 0.6 is 11.6 Å². The van der Waals surface area contributed by atoms with Gasteiger partial charge < -0.3 is 30.1 Å². The van der Waals surface area contributed by atoms with Crippen molar-refractivity contribution >= 4 is 46.5 Å². The van der Waals surface area contributed by atoms with Crippen molar-refractivity contribution in [3.05, 3.63) is 82.4 Å². The molecular formula is C28H27ClF3N3O6. The van der Waals surface area contributed by atoms with Gasteiger partial charge in [-0.1, -0.05) is 17.7 Å². The third-order valence-corrected chi connectivity index (χ3v) is 6.45. The number of rotatable bonds is 6. The van der Waals surface area contributed by atoms with Gasteiger partial charge in [-0.05, 0) is 67.1 Å². The average molecular weight is 594 g/mol. The third-order valence-electron chi connectivity index (χ3n) is 6.22. The first-order valence-electron chi connectivity index (χ1n) is 12.2. The normalized spacial score (nSPS) is 13.1. The minimum Gasteiger partial charge on any atom is -0.497 e. The van der Waals surface area contributed by atoms with Gasteiger partial charge in [0.1, 0.15) is 5.75 Å². The van der Waals surface area contributed by atoms with E-state index < -0.39 is 18.1 Å². The molecule has 9 nitrogen and oxygen atoms in total. The molecule has 0 aliphatic carbocycles. The van der Waals surface area contributed by atoms with E-state index >= 15 is 0 Å². The van der Waals surface area contributed by atoms with Crippen LogP contribution in [-0.2, 0) is 4.79 Å². The van der Waals surface area contributed by atoms with E-state index in [9.17, 15) is 27.9 Å². The zero-order valence-electron chi connectivity index (χ0n) is 22.0. The lowest BCUT2D eigenvalue weighted by atomic mass is 10.1. The molecule has 1 fully saturated rings. The number of nitrogens with one attached hydrogen (secondary N) is 1. The Kier molecular flexibility index (Phi) is 10.1. The molecule has 3 aromatic rings. The molecule has 0 atom stereocenters. The summed E-state index contributed by atoms with van der Waals surface area (Å²) in [6, 6.07) is 17.5. The van der Waals surface area contributed by atoms with E-state index in [-0.39, 0.29) is 11.5 Å². The molecule has 1 aliphatic heterocycles. The molecule has 3 aromatic carbocycles. The minimum absolute atomic E-state index is 0.113. The van der Waals surface area contributed by atoms with Crippen molar-refractivity contribution in [1.29, 1.82) is 0 Å². The summed E-state index contributed by atoms with van der Waals surface area (Å²) in [4.78, 5) is 37.8. The molecule has 0 saturated carbocycles. The first-order valence-corrected chi connectivity index (χ1v) is 12.6. The molecule has 0 bridgehead atoms. The molecule has 1 saturated heterocycles. The molecular weight excluding hydrogens is 567 g/mol. The van der Waals surface area contributed by atoms with Crippen LogP contribution in [0.5, 0.6) is 5.75 Å². The second-order valence-electron chi connectivity index (χ2n) is 8.93. The molecule has 1 aliphatic rings. The molecule has 218 valence electrons. The number of carbonyl (C=O) groups excluding carboxylic acids is 1. The fourth-order valence-corrected chi connectivity index (χ4v) is 4.26. The Bertz CT molecular complexity index is 1410. The molecule has 0 spiro atoms. The van der Waals surface area contributed by atoms with E-state index in [4.69, 9.17) is 26.2 Å².